The van der Waals surface area contributed by atoms with Crippen molar-refractivity contribution < 1.29 is 18.0 Å². The summed E-state index contributed by atoms with van der Waals surface area (Å²) in [5, 5.41) is 0. The van der Waals surface area contributed by atoms with Crippen LogP contribution in [0.2, 0.25) is 0 Å². The van der Waals surface area contributed by atoms with E-state index in [1.807, 2.05) is 6.07 Å². The van der Waals surface area contributed by atoms with Crippen LogP contribution < -0.4 is 0 Å². The van der Waals surface area contributed by atoms with Crippen LogP contribution in [0.25, 0.3) is 0 Å². The zero-order chi connectivity index (χ0) is 16.9. The molecule has 0 radical (unpaired) electrons. The van der Waals surface area contributed by atoms with Crippen molar-refractivity contribution in [2.45, 2.75) is 49.5 Å². The molecule has 2 heterocycles. The Labute approximate surface area is 141 Å². The second-order valence-electron chi connectivity index (χ2n) is 6.77. The van der Waals surface area contributed by atoms with Crippen LogP contribution in [0.4, 0.5) is 0 Å². The predicted molar refractivity (Wildman–Crippen MR) is 86.7 cm³/mol. The van der Waals surface area contributed by atoms with E-state index < -0.39 is 10.0 Å². The molecule has 0 unspecified atom stereocenters. The van der Waals surface area contributed by atoms with E-state index in [1.165, 1.54) is 14.8 Å². The first kappa shape index (κ1) is 15.8. The van der Waals surface area contributed by atoms with E-state index in [1.54, 1.807) is 12.1 Å². The number of imide groups is 1. The highest BCUT2D eigenvalue weighted by molar-refractivity contribution is 7.89. The van der Waals surface area contributed by atoms with Crippen molar-refractivity contribution in [3.05, 3.63) is 29.3 Å². The number of hydrogen-bond donors (Lipinski definition) is 0. The predicted octanol–water partition coefficient (Wildman–Crippen LogP) is 1.09. The van der Waals surface area contributed by atoms with Crippen molar-refractivity contribution in [2.75, 3.05) is 13.1 Å². The van der Waals surface area contributed by atoms with Gasteiger partial charge >= 0.3 is 0 Å². The van der Waals surface area contributed by atoms with Gasteiger partial charge in [-0.3, -0.25) is 14.5 Å². The summed E-state index contributed by atoms with van der Waals surface area (Å²) in [5.41, 5.74) is 2.37. The molecule has 128 valence electrons. The Hall–Kier alpha value is -1.73. The van der Waals surface area contributed by atoms with Crippen LogP contribution in [0, 0.1) is 0 Å². The van der Waals surface area contributed by atoms with Gasteiger partial charge in [0, 0.05) is 25.9 Å². The molecular formula is C17H20N2O4S. The maximum Gasteiger partial charge on any atom is 0.243 e. The molecule has 2 saturated heterocycles. The van der Waals surface area contributed by atoms with Crippen LogP contribution in [0.15, 0.2) is 23.1 Å². The van der Waals surface area contributed by atoms with E-state index in [0.717, 1.165) is 31.2 Å². The van der Waals surface area contributed by atoms with Gasteiger partial charge in [-0.25, -0.2) is 8.42 Å². The molecule has 6 nitrogen and oxygen atoms in total. The Morgan fingerprint density at radius 3 is 2.17 bits per heavy atom. The molecule has 2 aliphatic heterocycles. The number of amides is 2. The van der Waals surface area contributed by atoms with Crippen LogP contribution in [-0.2, 0) is 32.5 Å². The molecule has 2 fully saturated rings. The number of carbonyl (C=O) groups is 2. The highest BCUT2D eigenvalue weighted by atomic mass is 32.2. The third-order valence-corrected chi connectivity index (χ3v) is 7.07. The van der Waals surface area contributed by atoms with Crippen molar-refractivity contribution in [2.24, 2.45) is 0 Å². The minimum atomic E-state index is -3.55. The first-order valence-electron chi connectivity index (χ1n) is 8.43. The van der Waals surface area contributed by atoms with Gasteiger partial charge in [-0.05, 0) is 48.9 Å². The fourth-order valence-corrected chi connectivity index (χ4v) is 5.36. The highest BCUT2D eigenvalue weighted by Crippen LogP contribution is 2.30. The van der Waals surface area contributed by atoms with E-state index in [2.05, 4.69) is 0 Å². The van der Waals surface area contributed by atoms with Crippen molar-refractivity contribution in [1.29, 1.82) is 0 Å². The minimum Gasteiger partial charge on any atom is -0.277 e. The zero-order valence-electron chi connectivity index (χ0n) is 13.4. The van der Waals surface area contributed by atoms with Crippen LogP contribution >= 0.6 is 0 Å². The fourth-order valence-electron chi connectivity index (χ4n) is 3.80. The van der Waals surface area contributed by atoms with Crippen molar-refractivity contribution >= 4 is 21.8 Å². The average molecular weight is 348 g/mol. The Kier molecular flexibility index (Phi) is 3.73. The van der Waals surface area contributed by atoms with Crippen molar-refractivity contribution in [3.8, 4) is 0 Å². The lowest BCUT2D eigenvalue weighted by molar-refractivity contribution is -0.143. The molecule has 0 N–H and O–H groups in total. The smallest absolute Gasteiger partial charge is 0.243 e. The summed E-state index contributed by atoms with van der Waals surface area (Å²) in [7, 11) is -3.55. The number of hydrogen-bond acceptors (Lipinski definition) is 4. The number of nitrogens with zero attached hydrogens (tertiary/aromatic N) is 2. The highest BCUT2D eigenvalue weighted by Gasteiger charge is 2.45. The number of rotatable bonds is 3. The summed E-state index contributed by atoms with van der Waals surface area (Å²) in [6.07, 6.45) is 4.69. The maximum atomic E-state index is 12.8. The molecule has 1 aliphatic carbocycles. The second kappa shape index (κ2) is 5.67. The quantitative estimate of drug-likeness (QED) is 0.766. The summed E-state index contributed by atoms with van der Waals surface area (Å²) < 4.78 is 26.9. The molecule has 4 rings (SSSR count). The molecule has 0 bridgehead atoms. The first-order valence-corrected chi connectivity index (χ1v) is 9.87. The Morgan fingerprint density at radius 1 is 0.875 bits per heavy atom. The van der Waals surface area contributed by atoms with E-state index >= 15 is 0 Å². The third kappa shape index (κ3) is 2.46. The number of likely N-dealkylation sites (tertiary alicyclic amines) is 1. The van der Waals surface area contributed by atoms with Gasteiger partial charge in [-0.15, -0.1) is 0 Å². The number of sulfonamides is 1. The summed E-state index contributed by atoms with van der Waals surface area (Å²) in [4.78, 5) is 25.1. The Bertz CT molecular complexity index is 796. The number of aryl methyl sites for hydroxylation is 2. The first-order chi connectivity index (χ1) is 11.5. The molecule has 1 aromatic carbocycles. The topological polar surface area (TPSA) is 74.8 Å². The van der Waals surface area contributed by atoms with Gasteiger partial charge in [0.1, 0.15) is 0 Å². The van der Waals surface area contributed by atoms with Gasteiger partial charge in [0.25, 0.3) is 0 Å². The molecule has 3 aliphatic rings. The van der Waals surface area contributed by atoms with E-state index in [0.29, 0.717) is 4.90 Å². The normalized spacial score (nSPS) is 22.6. The number of carbonyl (C=O) groups excluding carboxylic acids is 2. The van der Waals surface area contributed by atoms with Gasteiger partial charge in [0.05, 0.1) is 10.9 Å². The summed E-state index contributed by atoms with van der Waals surface area (Å²) in [6, 6.07) is 5.09. The van der Waals surface area contributed by atoms with Crippen LogP contribution in [-0.4, -0.2) is 48.6 Å². The van der Waals surface area contributed by atoms with Crippen molar-refractivity contribution in [1.82, 2.24) is 9.21 Å². The standard InChI is InChI=1S/C17H20N2O4S/c20-16-7-8-17(21)19(16)14-10-18(11-14)24(22,23)15-6-5-12-3-1-2-4-13(12)9-15/h5-6,9,14H,1-4,7-8,10-11H2. The summed E-state index contributed by atoms with van der Waals surface area (Å²) in [6.45, 7) is 0.411. The largest absolute Gasteiger partial charge is 0.277 e. The molecule has 1 aromatic rings. The van der Waals surface area contributed by atoms with E-state index in [-0.39, 0.29) is 43.8 Å². The van der Waals surface area contributed by atoms with Gasteiger partial charge in [0.2, 0.25) is 21.8 Å². The maximum absolute atomic E-state index is 12.8. The molecule has 2 amide bonds. The number of fused-ring (bicyclic) bond motifs is 1. The van der Waals surface area contributed by atoms with Crippen LogP contribution in [0.3, 0.4) is 0 Å². The van der Waals surface area contributed by atoms with E-state index in [4.69, 9.17) is 0 Å². The van der Waals surface area contributed by atoms with Gasteiger partial charge in [-0.1, -0.05) is 6.07 Å². The monoisotopic (exact) mass is 348 g/mol. The van der Waals surface area contributed by atoms with Gasteiger partial charge < -0.3 is 0 Å². The minimum absolute atomic E-state index is 0.184. The average Bonchev–Trinajstić information content (AvgIpc) is 2.85. The lowest BCUT2D eigenvalue weighted by Crippen LogP contribution is -2.62. The summed E-state index contributed by atoms with van der Waals surface area (Å²) in [5.74, 6) is -0.369. The molecule has 24 heavy (non-hydrogen) atoms. The van der Waals surface area contributed by atoms with Gasteiger partial charge in [-0.2, -0.15) is 4.31 Å². The number of benzene rings is 1. The SMILES string of the molecule is O=C1CCC(=O)N1C1CN(S(=O)(=O)c2ccc3c(c2)CCCC3)C1. The van der Waals surface area contributed by atoms with E-state index in [9.17, 15) is 18.0 Å². The molecule has 0 atom stereocenters. The summed E-state index contributed by atoms with van der Waals surface area (Å²) >= 11 is 0. The third-order valence-electron chi connectivity index (χ3n) is 5.24. The van der Waals surface area contributed by atoms with Gasteiger partial charge in [0.15, 0.2) is 0 Å². The molecule has 0 saturated carbocycles. The Balaban J connectivity index is 1.51. The van der Waals surface area contributed by atoms with Crippen LogP contribution in [0.1, 0.15) is 36.8 Å². The molecule has 0 spiro atoms. The zero-order valence-corrected chi connectivity index (χ0v) is 14.2. The Morgan fingerprint density at radius 2 is 1.50 bits per heavy atom. The lowest BCUT2D eigenvalue weighted by atomic mass is 9.92. The molecule has 7 heteroatoms. The second-order valence-corrected chi connectivity index (χ2v) is 8.71. The molecular weight excluding hydrogens is 328 g/mol. The van der Waals surface area contributed by atoms with Crippen LogP contribution in [0.5, 0.6) is 0 Å². The fraction of sp³-hybridized carbons (Fsp3) is 0.529. The van der Waals surface area contributed by atoms with Crippen molar-refractivity contribution in [3.63, 3.8) is 0 Å². The lowest BCUT2D eigenvalue weighted by Gasteiger charge is -2.41. The molecule has 0 aromatic heterocycles.